The molecule has 2 aliphatic rings. The highest BCUT2D eigenvalue weighted by Gasteiger charge is 2.52. The standard InChI is InChI=1S/C22H25NO4S/c1-28(25,26)19-14-12-16(13-15-19)20-21(27-18-10-6-3-7-11-18)22(24)23(20)17-8-4-2-5-9-17/h3,6-7,10-15,17,20-21H,2,4-5,8-9H2,1H3/t20-,21+/m1/s1. The normalized spacial score (nSPS) is 23.3. The van der Waals surface area contributed by atoms with Gasteiger partial charge >= 0.3 is 0 Å². The van der Waals surface area contributed by atoms with Crippen molar-refractivity contribution in [3.8, 4) is 5.75 Å². The van der Waals surface area contributed by atoms with E-state index in [1.165, 1.54) is 12.7 Å². The highest BCUT2D eigenvalue weighted by molar-refractivity contribution is 7.90. The van der Waals surface area contributed by atoms with Crippen LogP contribution in [0.4, 0.5) is 0 Å². The molecule has 2 aromatic carbocycles. The highest BCUT2D eigenvalue weighted by Crippen LogP contribution is 2.42. The van der Waals surface area contributed by atoms with Gasteiger partial charge in [-0.15, -0.1) is 0 Å². The third-order valence-corrected chi connectivity index (χ3v) is 6.84. The van der Waals surface area contributed by atoms with Crippen LogP contribution in [0.1, 0.15) is 43.7 Å². The van der Waals surface area contributed by atoms with Crippen LogP contribution in [0.25, 0.3) is 0 Å². The molecule has 0 bridgehead atoms. The summed E-state index contributed by atoms with van der Waals surface area (Å²) in [4.78, 5) is 15.2. The monoisotopic (exact) mass is 399 g/mol. The molecule has 0 spiro atoms. The molecule has 6 heteroatoms. The third kappa shape index (κ3) is 3.65. The van der Waals surface area contributed by atoms with Gasteiger partial charge in [0.25, 0.3) is 5.91 Å². The average molecular weight is 400 g/mol. The molecular weight excluding hydrogens is 374 g/mol. The number of carbonyl (C=O) groups excluding carboxylic acids is 1. The molecule has 1 saturated heterocycles. The van der Waals surface area contributed by atoms with Crippen molar-refractivity contribution in [3.63, 3.8) is 0 Å². The highest BCUT2D eigenvalue weighted by atomic mass is 32.2. The second kappa shape index (κ2) is 7.59. The molecule has 0 aromatic heterocycles. The molecule has 1 heterocycles. The van der Waals surface area contributed by atoms with Crippen LogP contribution in [-0.4, -0.2) is 37.6 Å². The fourth-order valence-corrected chi connectivity index (χ4v) is 4.89. The first-order valence-electron chi connectivity index (χ1n) is 9.79. The SMILES string of the molecule is CS(=O)(=O)c1ccc([C@@H]2[C@H](Oc3ccccc3)C(=O)N2C2CCCCC2)cc1. The molecule has 5 nitrogen and oxygen atoms in total. The Morgan fingerprint density at radius 1 is 0.929 bits per heavy atom. The zero-order valence-electron chi connectivity index (χ0n) is 16.0. The van der Waals surface area contributed by atoms with Gasteiger partial charge in [0.15, 0.2) is 9.84 Å². The summed E-state index contributed by atoms with van der Waals surface area (Å²) in [5.41, 5.74) is 0.915. The average Bonchev–Trinajstić information content (AvgIpc) is 2.71. The Morgan fingerprint density at radius 2 is 1.57 bits per heavy atom. The minimum absolute atomic E-state index is 0.0212. The van der Waals surface area contributed by atoms with Crippen LogP contribution in [0.3, 0.4) is 0 Å². The number of ether oxygens (including phenoxy) is 1. The number of benzene rings is 2. The van der Waals surface area contributed by atoms with Crippen molar-refractivity contribution >= 4 is 15.7 Å². The summed E-state index contributed by atoms with van der Waals surface area (Å²) in [6.45, 7) is 0. The van der Waals surface area contributed by atoms with Crippen molar-refractivity contribution in [1.82, 2.24) is 4.90 Å². The van der Waals surface area contributed by atoms with E-state index >= 15 is 0 Å². The zero-order valence-corrected chi connectivity index (χ0v) is 16.8. The number of likely N-dealkylation sites (tertiary alicyclic amines) is 1. The van der Waals surface area contributed by atoms with Gasteiger partial charge in [0.2, 0.25) is 6.10 Å². The summed E-state index contributed by atoms with van der Waals surface area (Å²) in [7, 11) is -3.25. The second-order valence-electron chi connectivity index (χ2n) is 7.67. The van der Waals surface area contributed by atoms with Crippen molar-refractivity contribution < 1.29 is 17.9 Å². The Bertz CT molecular complexity index is 934. The number of β-lactam (4-membered cyclic amide) rings is 1. The van der Waals surface area contributed by atoms with Crippen LogP contribution in [0.2, 0.25) is 0 Å². The number of hydrogen-bond donors (Lipinski definition) is 0. The summed E-state index contributed by atoms with van der Waals surface area (Å²) in [6.07, 6.45) is 6.15. The Morgan fingerprint density at radius 3 is 2.18 bits per heavy atom. The number of nitrogens with zero attached hydrogens (tertiary/aromatic N) is 1. The number of para-hydroxylation sites is 1. The molecule has 2 fully saturated rings. The smallest absolute Gasteiger partial charge is 0.267 e. The summed E-state index contributed by atoms with van der Waals surface area (Å²) in [5, 5.41) is 0. The summed E-state index contributed by atoms with van der Waals surface area (Å²) >= 11 is 0. The fraction of sp³-hybridized carbons (Fsp3) is 0.409. The minimum Gasteiger partial charge on any atom is -0.478 e. The van der Waals surface area contributed by atoms with Crippen molar-refractivity contribution in [3.05, 3.63) is 60.2 Å². The Kier molecular flexibility index (Phi) is 5.15. The predicted molar refractivity (Wildman–Crippen MR) is 107 cm³/mol. The van der Waals surface area contributed by atoms with E-state index in [0.29, 0.717) is 5.75 Å². The molecule has 28 heavy (non-hydrogen) atoms. The van der Waals surface area contributed by atoms with Crippen molar-refractivity contribution in [2.24, 2.45) is 0 Å². The van der Waals surface area contributed by atoms with E-state index in [2.05, 4.69) is 0 Å². The van der Waals surface area contributed by atoms with Gasteiger partial charge in [0.05, 0.1) is 4.90 Å². The topological polar surface area (TPSA) is 63.7 Å². The first-order chi connectivity index (χ1) is 13.4. The summed E-state index contributed by atoms with van der Waals surface area (Å²) in [6, 6.07) is 16.3. The molecule has 2 atom stereocenters. The lowest BCUT2D eigenvalue weighted by atomic mass is 9.84. The largest absolute Gasteiger partial charge is 0.478 e. The van der Waals surface area contributed by atoms with E-state index in [4.69, 9.17) is 4.74 Å². The summed E-state index contributed by atoms with van der Waals surface area (Å²) in [5.74, 6) is 0.690. The molecule has 1 aliphatic carbocycles. The van der Waals surface area contributed by atoms with E-state index in [1.807, 2.05) is 47.4 Å². The summed E-state index contributed by atoms with van der Waals surface area (Å²) < 4.78 is 29.6. The van der Waals surface area contributed by atoms with Gasteiger partial charge in [-0.1, -0.05) is 49.6 Å². The zero-order chi connectivity index (χ0) is 19.7. The van der Waals surface area contributed by atoms with Gasteiger partial charge in [-0.25, -0.2) is 8.42 Å². The molecule has 1 aliphatic heterocycles. The lowest BCUT2D eigenvalue weighted by Crippen LogP contribution is -2.64. The number of amides is 1. The van der Waals surface area contributed by atoms with Crippen molar-refractivity contribution in [2.45, 2.75) is 55.2 Å². The number of carbonyl (C=O) groups is 1. The van der Waals surface area contributed by atoms with E-state index in [-0.39, 0.29) is 22.9 Å². The first-order valence-corrected chi connectivity index (χ1v) is 11.7. The predicted octanol–water partition coefficient (Wildman–Crippen LogP) is 3.75. The molecule has 0 radical (unpaired) electrons. The third-order valence-electron chi connectivity index (χ3n) is 5.71. The minimum atomic E-state index is -3.25. The number of hydrogen-bond acceptors (Lipinski definition) is 4. The van der Waals surface area contributed by atoms with Crippen LogP contribution in [-0.2, 0) is 14.6 Å². The van der Waals surface area contributed by atoms with Crippen LogP contribution >= 0.6 is 0 Å². The maximum Gasteiger partial charge on any atom is 0.267 e. The Balaban J connectivity index is 1.63. The molecule has 2 aromatic rings. The Hall–Kier alpha value is -2.34. The molecular formula is C22H25NO4S. The van der Waals surface area contributed by atoms with Crippen LogP contribution in [0.15, 0.2) is 59.5 Å². The molecule has 4 rings (SSSR count). The van der Waals surface area contributed by atoms with E-state index in [1.54, 1.807) is 12.1 Å². The van der Waals surface area contributed by atoms with Crippen molar-refractivity contribution in [1.29, 1.82) is 0 Å². The molecule has 1 saturated carbocycles. The van der Waals surface area contributed by atoms with Crippen LogP contribution in [0, 0.1) is 0 Å². The maximum atomic E-state index is 13.0. The molecule has 148 valence electrons. The number of sulfone groups is 1. The van der Waals surface area contributed by atoms with Gasteiger partial charge in [-0.05, 0) is 42.7 Å². The first kappa shape index (κ1) is 19.0. The number of rotatable bonds is 5. The molecule has 0 unspecified atom stereocenters. The van der Waals surface area contributed by atoms with Crippen molar-refractivity contribution in [2.75, 3.05) is 6.26 Å². The lowest BCUT2D eigenvalue weighted by Gasteiger charge is -2.51. The fourth-order valence-electron chi connectivity index (χ4n) is 4.26. The van der Waals surface area contributed by atoms with E-state index in [9.17, 15) is 13.2 Å². The maximum absolute atomic E-state index is 13.0. The Labute approximate surface area is 166 Å². The van der Waals surface area contributed by atoms with Gasteiger partial charge in [0, 0.05) is 12.3 Å². The molecule has 1 amide bonds. The van der Waals surface area contributed by atoms with Gasteiger partial charge in [0.1, 0.15) is 11.8 Å². The van der Waals surface area contributed by atoms with Gasteiger partial charge < -0.3 is 9.64 Å². The second-order valence-corrected chi connectivity index (χ2v) is 9.69. The van der Waals surface area contributed by atoms with Gasteiger partial charge in [-0.3, -0.25) is 4.79 Å². The molecule has 0 N–H and O–H groups in total. The quantitative estimate of drug-likeness (QED) is 0.719. The van der Waals surface area contributed by atoms with E-state index < -0.39 is 15.9 Å². The van der Waals surface area contributed by atoms with E-state index in [0.717, 1.165) is 31.2 Å². The van der Waals surface area contributed by atoms with Crippen LogP contribution in [0.5, 0.6) is 5.75 Å². The van der Waals surface area contributed by atoms with Crippen LogP contribution < -0.4 is 4.74 Å². The lowest BCUT2D eigenvalue weighted by molar-refractivity contribution is -0.170. The van der Waals surface area contributed by atoms with Gasteiger partial charge in [-0.2, -0.15) is 0 Å².